The normalized spacial score (nSPS) is 20.5. The molecule has 0 radical (unpaired) electrons. The summed E-state index contributed by atoms with van der Waals surface area (Å²) >= 11 is 0. The molecule has 5 nitrogen and oxygen atoms in total. The van der Waals surface area contributed by atoms with E-state index in [0.29, 0.717) is 13.2 Å². The first kappa shape index (κ1) is 11.2. The molecule has 2 atom stereocenters. The topological polar surface area (TPSA) is 65.7 Å². The zero-order valence-electron chi connectivity index (χ0n) is 9.18. The molecule has 5 heteroatoms. The third-order valence-corrected chi connectivity index (χ3v) is 2.54. The Morgan fingerprint density at radius 2 is 2.25 bits per heavy atom. The lowest BCUT2D eigenvalue weighted by Gasteiger charge is -2.31. The number of fused-ring (bicyclic) bond motifs is 1. The summed E-state index contributed by atoms with van der Waals surface area (Å²) in [7, 11) is 1.63. The Labute approximate surface area is 94.5 Å². The zero-order chi connectivity index (χ0) is 11.4. The third-order valence-electron chi connectivity index (χ3n) is 2.54. The van der Waals surface area contributed by atoms with Gasteiger partial charge in [0.05, 0.1) is 12.6 Å². The van der Waals surface area contributed by atoms with Crippen LogP contribution in [0.3, 0.4) is 0 Å². The maximum absolute atomic E-state index is 5.79. The van der Waals surface area contributed by atoms with Gasteiger partial charge in [-0.15, -0.1) is 0 Å². The maximum Gasteiger partial charge on any atom is 0.161 e. The van der Waals surface area contributed by atoms with Crippen molar-refractivity contribution >= 4 is 0 Å². The first-order chi connectivity index (χ1) is 7.85. The van der Waals surface area contributed by atoms with Crippen LogP contribution in [0.5, 0.6) is 11.5 Å². The van der Waals surface area contributed by atoms with Crippen LogP contribution in [0.15, 0.2) is 24.3 Å². The second-order valence-electron chi connectivity index (χ2n) is 3.64. The number of nitrogens with two attached hydrogens (primary N) is 1. The Hall–Kier alpha value is -1.30. The van der Waals surface area contributed by atoms with E-state index in [9.17, 15) is 0 Å². The van der Waals surface area contributed by atoms with Crippen LogP contribution in [-0.4, -0.2) is 32.5 Å². The van der Waals surface area contributed by atoms with Crippen molar-refractivity contribution in [3.63, 3.8) is 0 Å². The number of nitrogens with one attached hydrogen (secondary N) is 1. The summed E-state index contributed by atoms with van der Waals surface area (Å²) in [6.07, 6.45) is -0.139. The number of rotatable bonds is 4. The van der Waals surface area contributed by atoms with Gasteiger partial charge < -0.3 is 14.2 Å². The smallest absolute Gasteiger partial charge is 0.161 e. The average molecular weight is 224 g/mol. The van der Waals surface area contributed by atoms with Crippen LogP contribution in [0.25, 0.3) is 0 Å². The van der Waals surface area contributed by atoms with E-state index in [2.05, 4.69) is 5.43 Å². The highest BCUT2D eigenvalue weighted by atomic mass is 16.6. The Bertz CT molecular complexity index is 346. The molecular formula is C11H16N2O3. The number of hydrazine groups is 1. The predicted octanol–water partition coefficient (Wildman–Crippen LogP) is 0.305. The molecule has 1 aliphatic heterocycles. The molecule has 16 heavy (non-hydrogen) atoms. The summed E-state index contributed by atoms with van der Waals surface area (Å²) in [6, 6.07) is 7.50. The number of hydrogen-bond acceptors (Lipinski definition) is 5. The van der Waals surface area contributed by atoms with Gasteiger partial charge in [0.15, 0.2) is 17.6 Å². The van der Waals surface area contributed by atoms with Crippen LogP contribution < -0.4 is 20.7 Å². The number of methoxy groups -OCH3 is 1. The maximum atomic E-state index is 5.79. The molecule has 1 aliphatic rings. The lowest BCUT2D eigenvalue weighted by molar-refractivity contribution is 0.0325. The largest absolute Gasteiger partial charge is 0.486 e. The average Bonchev–Trinajstić information content (AvgIpc) is 2.35. The van der Waals surface area contributed by atoms with Gasteiger partial charge in [0.2, 0.25) is 0 Å². The van der Waals surface area contributed by atoms with E-state index in [-0.39, 0.29) is 12.1 Å². The van der Waals surface area contributed by atoms with E-state index < -0.39 is 0 Å². The minimum atomic E-state index is -0.139. The summed E-state index contributed by atoms with van der Waals surface area (Å²) in [5.74, 6) is 6.96. The van der Waals surface area contributed by atoms with E-state index in [0.717, 1.165) is 11.5 Å². The first-order valence-corrected chi connectivity index (χ1v) is 5.18. The van der Waals surface area contributed by atoms with Crippen LogP contribution in [-0.2, 0) is 4.74 Å². The van der Waals surface area contributed by atoms with Gasteiger partial charge in [0, 0.05) is 7.11 Å². The van der Waals surface area contributed by atoms with Crippen LogP contribution in [0, 0.1) is 0 Å². The van der Waals surface area contributed by atoms with Gasteiger partial charge in [-0.3, -0.25) is 11.3 Å². The van der Waals surface area contributed by atoms with Crippen molar-refractivity contribution in [1.29, 1.82) is 0 Å². The fourth-order valence-electron chi connectivity index (χ4n) is 1.68. The molecule has 2 unspecified atom stereocenters. The molecule has 88 valence electrons. The summed E-state index contributed by atoms with van der Waals surface area (Å²) in [5, 5.41) is 0. The number of hydrogen-bond donors (Lipinski definition) is 2. The quantitative estimate of drug-likeness (QED) is 0.569. The van der Waals surface area contributed by atoms with Crippen molar-refractivity contribution in [3.05, 3.63) is 24.3 Å². The van der Waals surface area contributed by atoms with Crippen molar-refractivity contribution in [3.8, 4) is 11.5 Å². The van der Waals surface area contributed by atoms with Crippen LogP contribution in [0.2, 0.25) is 0 Å². The summed E-state index contributed by atoms with van der Waals surface area (Å²) in [6.45, 7) is 0.946. The van der Waals surface area contributed by atoms with E-state index >= 15 is 0 Å². The molecule has 0 aliphatic carbocycles. The van der Waals surface area contributed by atoms with Crippen molar-refractivity contribution in [1.82, 2.24) is 5.43 Å². The summed E-state index contributed by atoms with van der Waals surface area (Å²) in [4.78, 5) is 0. The van der Waals surface area contributed by atoms with Crippen molar-refractivity contribution in [2.45, 2.75) is 12.1 Å². The fraction of sp³-hybridized carbons (Fsp3) is 0.455. The molecule has 0 aromatic heterocycles. The minimum absolute atomic E-state index is 0.0849. The van der Waals surface area contributed by atoms with Crippen LogP contribution in [0.4, 0.5) is 0 Å². The fourth-order valence-corrected chi connectivity index (χ4v) is 1.68. The Morgan fingerprint density at radius 1 is 1.50 bits per heavy atom. The monoisotopic (exact) mass is 224 g/mol. The van der Waals surface area contributed by atoms with Crippen molar-refractivity contribution in [2.75, 3.05) is 20.3 Å². The highest BCUT2D eigenvalue weighted by Crippen LogP contribution is 2.31. The van der Waals surface area contributed by atoms with E-state index in [1.54, 1.807) is 7.11 Å². The lowest BCUT2D eigenvalue weighted by Crippen LogP contribution is -2.52. The standard InChI is InChI=1S/C11H16N2O3/c1-14-6-8(13-12)11-7-15-9-4-2-3-5-10(9)16-11/h2-5,8,11,13H,6-7,12H2,1H3. The minimum Gasteiger partial charge on any atom is -0.486 e. The molecular weight excluding hydrogens is 208 g/mol. The van der Waals surface area contributed by atoms with Gasteiger partial charge in [-0.2, -0.15) is 0 Å². The number of para-hydroxylation sites is 2. The molecule has 3 N–H and O–H groups in total. The van der Waals surface area contributed by atoms with Gasteiger partial charge in [-0.25, -0.2) is 0 Å². The van der Waals surface area contributed by atoms with Crippen LogP contribution >= 0.6 is 0 Å². The van der Waals surface area contributed by atoms with Crippen molar-refractivity contribution in [2.24, 2.45) is 5.84 Å². The number of ether oxygens (including phenoxy) is 3. The Kier molecular flexibility index (Phi) is 3.61. The van der Waals surface area contributed by atoms with Crippen molar-refractivity contribution < 1.29 is 14.2 Å². The number of benzene rings is 1. The molecule has 0 bridgehead atoms. The van der Waals surface area contributed by atoms with Crippen LogP contribution in [0.1, 0.15) is 0 Å². The molecule has 0 fully saturated rings. The van der Waals surface area contributed by atoms with Gasteiger partial charge in [-0.05, 0) is 12.1 Å². The summed E-state index contributed by atoms with van der Waals surface area (Å²) < 4.78 is 16.4. The van der Waals surface area contributed by atoms with E-state index in [4.69, 9.17) is 20.1 Å². The second kappa shape index (κ2) is 5.16. The molecule has 0 spiro atoms. The first-order valence-electron chi connectivity index (χ1n) is 5.18. The zero-order valence-corrected chi connectivity index (χ0v) is 9.18. The molecule has 1 aromatic rings. The highest BCUT2D eigenvalue weighted by molar-refractivity contribution is 5.40. The molecule has 0 saturated carbocycles. The molecule has 2 rings (SSSR count). The van der Waals surface area contributed by atoms with Gasteiger partial charge in [-0.1, -0.05) is 12.1 Å². The highest BCUT2D eigenvalue weighted by Gasteiger charge is 2.28. The summed E-state index contributed by atoms with van der Waals surface area (Å²) in [5.41, 5.74) is 2.67. The molecule has 0 saturated heterocycles. The Morgan fingerprint density at radius 3 is 2.94 bits per heavy atom. The SMILES string of the molecule is COCC(NN)C1COc2ccccc2O1. The van der Waals surface area contributed by atoms with Gasteiger partial charge in [0.1, 0.15) is 6.61 Å². The third kappa shape index (κ3) is 2.27. The molecule has 1 aromatic carbocycles. The van der Waals surface area contributed by atoms with E-state index in [1.807, 2.05) is 24.3 Å². The Balaban J connectivity index is 2.06. The van der Waals surface area contributed by atoms with E-state index in [1.165, 1.54) is 0 Å². The molecule has 1 heterocycles. The lowest BCUT2D eigenvalue weighted by atomic mass is 10.1. The molecule has 0 amide bonds. The predicted molar refractivity (Wildman–Crippen MR) is 59.3 cm³/mol. The van der Waals surface area contributed by atoms with Gasteiger partial charge >= 0.3 is 0 Å². The van der Waals surface area contributed by atoms with Gasteiger partial charge in [0.25, 0.3) is 0 Å². The second-order valence-corrected chi connectivity index (χ2v) is 3.64.